The highest BCUT2D eigenvalue weighted by Crippen LogP contribution is 2.23. The highest BCUT2D eigenvalue weighted by Gasteiger charge is 2.12. The fourth-order valence-electron chi connectivity index (χ4n) is 1.26. The first kappa shape index (κ1) is 14.0. The maximum atomic E-state index is 11.3. The Balaban J connectivity index is 2.96. The molecule has 1 aromatic carbocycles. The minimum Gasteiger partial charge on any atom is -0.465 e. The van der Waals surface area contributed by atoms with Crippen LogP contribution in [0.3, 0.4) is 0 Å². The number of hydrogen-bond acceptors (Lipinski definition) is 4. The monoisotopic (exact) mass is 277 g/mol. The van der Waals surface area contributed by atoms with E-state index >= 15 is 0 Å². The molecule has 0 saturated heterocycles. The average Bonchev–Trinajstić information content (AvgIpc) is 2.27. The number of anilines is 1. The lowest BCUT2D eigenvalue weighted by atomic mass is 10.2. The van der Waals surface area contributed by atoms with Crippen molar-refractivity contribution in [1.82, 2.24) is 0 Å². The number of esters is 1. The second-order valence-electron chi connectivity index (χ2n) is 3.30. The Morgan fingerprint density at radius 3 is 2.71 bits per heavy atom. The summed E-state index contributed by atoms with van der Waals surface area (Å²) in [4.78, 5) is 12.8. The van der Waals surface area contributed by atoms with E-state index in [4.69, 9.17) is 16.2 Å². The predicted octanol–water partition coefficient (Wildman–Crippen LogP) is 1.74. The zero-order chi connectivity index (χ0) is 13.0. The van der Waals surface area contributed by atoms with Gasteiger partial charge in [-0.05, 0) is 18.2 Å². The van der Waals surface area contributed by atoms with Crippen molar-refractivity contribution < 1.29 is 18.3 Å². The van der Waals surface area contributed by atoms with Crippen molar-refractivity contribution in [3.63, 3.8) is 0 Å². The fraction of sp³-hybridized carbons (Fsp3) is 0.300. The molecule has 0 fully saturated rings. The standard InChI is InChI=1S/C10H12ClNO4S/c1-12(6-17(14)15)7-3-4-8(9(11)5-7)10(13)16-2/h3-5H,6H2,1-2H3,(H,14,15). The van der Waals surface area contributed by atoms with E-state index in [1.807, 2.05) is 0 Å². The third-order valence-corrected chi connectivity index (χ3v) is 3.02. The molecule has 0 heterocycles. The molecule has 5 nitrogen and oxygen atoms in total. The number of hydrogen-bond donors (Lipinski definition) is 1. The van der Waals surface area contributed by atoms with Crippen LogP contribution in [0.15, 0.2) is 18.2 Å². The summed E-state index contributed by atoms with van der Waals surface area (Å²) in [5, 5.41) is 0.241. The molecule has 17 heavy (non-hydrogen) atoms. The van der Waals surface area contributed by atoms with Crippen LogP contribution < -0.4 is 4.90 Å². The van der Waals surface area contributed by atoms with E-state index < -0.39 is 17.0 Å². The van der Waals surface area contributed by atoms with Crippen LogP contribution in [0.25, 0.3) is 0 Å². The number of carbonyl (C=O) groups excluding carboxylic acids is 1. The summed E-state index contributed by atoms with van der Waals surface area (Å²) >= 11 is 3.99. The van der Waals surface area contributed by atoms with E-state index in [2.05, 4.69) is 4.74 Å². The molecular formula is C10H12ClNO4S. The second kappa shape index (κ2) is 6.00. The van der Waals surface area contributed by atoms with Gasteiger partial charge in [0.1, 0.15) is 5.88 Å². The molecule has 0 radical (unpaired) electrons. The largest absolute Gasteiger partial charge is 0.465 e. The van der Waals surface area contributed by atoms with Crippen molar-refractivity contribution >= 4 is 34.3 Å². The van der Waals surface area contributed by atoms with Crippen LogP contribution in [-0.4, -0.2) is 34.8 Å². The van der Waals surface area contributed by atoms with Crippen molar-refractivity contribution in [2.24, 2.45) is 0 Å². The van der Waals surface area contributed by atoms with Crippen LogP contribution in [0.1, 0.15) is 10.4 Å². The van der Waals surface area contributed by atoms with E-state index in [1.54, 1.807) is 24.1 Å². The molecule has 0 saturated carbocycles. The summed E-state index contributed by atoms with van der Waals surface area (Å²) < 4.78 is 24.0. The number of rotatable bonds is 4. The SMILES string of the molecule is COC(=O)c1ccc(N(C)CS(=O)O)cc1Cl. The van der Waals surface area contributed by atoms with Gasteiger partial charge < -0.3 is 14.2 Å². The maximum absolute atomic E-state index is 11.3. The van der Waals surface area contributed by atoms with Crippen molar-refractivity contribution in [3.05, 3.63) is 28.8 Å². The van der Waals surface area contributed by atoms with Crippen molar-refractivity contribution in [2.75, 3.05) is 24.9 Å². The summed E-state index contributed by atoms with van der Waals surface area (Å²) in [7, 11) is 2.92. The third kappa shape index (κ3) is 3.69. The zero-order valence-corrected chi connectivity index (χ0v) is 10.9. The highest BCUT2D eigenvalue weighted by atomic mass is 35.5. The topological polar surface area (TPSA) is 66.8 Å². The molecule has 1 aromatic rings. The first-order chi connectivity index (χ1) is 7.95. The summed E-state index contributed by atoms with van der Waals surface area (Å²) in [6, 6.07) is 4.69. The van der Waals surface area contributed by atoms with Gasteiger partial charge in [-0.25, -0.2) is 9.00 Å². The van der Waals surface area contributed by atoms with Gasteiger partial charge in [0.2, 0.25) is 0 Å². The van der Waals surface area contributed by atoms with Gasteiger partial charge in [0, 0.05) is 12.7 Å². The van der Waals surface area contributed by atoms with Gasteiger partial charge >= 0.3 is 5.97 Å². The molecule has 7 heteroatoms. The van der Waals surface area contributed by atoms with Crippen LogP contribution in [-0.2, 0) is 15.8 Å². The molecule has 0 aliphatic heterocycles. The van der Waals surface area contributed by atoms with Crippen molar-refractivity contribution in [2.45, 2.75) is 0 Å². The van der Waals surface area contributed by atoms with Gasteiger partial charge in [0.05, 0.1) is 17.7 Å². The third-order valence-electron chi connectivity index (χ3n) is 2.10. The molecule has 1 rings (SSSR count). The normalized spacial score (nSPS) is 12.0. The minimum absolute atomic E-state index is 0.0338. The van der Waals surface area contributed by atoms with E-state index in [9.17, 15) is 9.00 Å². The van der Waals surface area contributed by atoms with Crippen LogP contribution in [0.4, 0.5) is 5.69 Å². The van der Waals surface area contributed by atoms with Gasteiger partial charge in [0.25, 0.3) is 0 Å². The van der Waals surface area contributed by atoms with E-state index in [1.165, 1.54) is 13.2 Å². The summed E-state index contributed by atoms with van der Waals surface area (Å²) in [5.74, 6) is -0.552. The Bertz CT molecular complexity index is 452. The molecule has 94 valence electrons. The number of halogens is 1. The van der Waals surface area contributed by atoms with Crippen LogP contribution in [0.5, 0.6) is 0 Å². The molecule has 1 atom stereocenters. The smallest absolute Gasteiger partial charge is 0.339 e. The highest BCUT2D eigenvalue weighted by molar-refractivity contribution is 7.79. The lowest BCUT2D eigenvalue weighted by molar-refractivity contribution is 0.0601. The van der Waals surface area contributed by atoms with Gasteiger partial charge in [-0.2, -0.15) is 0 Å². The lowest BCUT2D eigenvalue weighted by Crippen LogP contribution is -2.21. The number of ether oxygens (including phenoxy) is 1. The molecule has 0 amide bonds. The first-order valence-corrected chi connectivity index (χ1v) is 6.27. The van der Waals surface area contributed by atoms with Gasteiger partial charge in [0.15, 0.2) is 11.1 Å². The van der Waals surface area contributed by atoms with Crippen LogP contribution in [0.2, 0.25) is 5.02 Å². The lowest BCUT2D eigenvalue weighted by Gasteiger charge is -2.17. The van der Waals surface area contributed by atoms with E-state index in [0.717, 1.165) is 0 Å². The van der Waals surface area contributed by atoms with Crippen molar-refractivity contribution in [1.29, 1.82) is 0 Å². The van der Waals surface area contributed by atoms with Crippen molar-refractivity contribution in [3.8, 4) is 0 Å². The molecule has 0 spiro atoms. The first-order valence-electron chi connectivity index (χ1n) is 4.62. The van der Waals surface area contributed by atoms with Crippen LogP contribution in [0, 0.1) is 0 Å². The summed E-state index contributed by atoms with van der Waals surface area (Å²) in [6.07, 6.45) is 0. The molecule has 1 N–H and O–H groups in total. The van der Waals surface area contributed by atoms with Gasteiger partial charge in [-0.3, -0.25) is 0 Å². The number of carbonyl (C=O) groups is 1. The predicted molar refractivity (Wildman–Crippen MR) is 66.8 cm³/mol. The van der Waals surface area contributed by atoms with Gasteiger partial charge in [-0.1, -0.05) is 11.6 Å². The molecule has 0 bridgehead atoms. The van der Waals surface area contributed by atoms with E-state index in [0.29, 0.717) is 5.69 Å². The second-order valence-corrected chi connectivity index (χ2v) is 4.61. The molecular weight excluding hydrogens is 266 g/mol. The van der Waals surface area contributed by atoms with Crippen LogP contribution >= 0.6 is 11.6 Å². The zero-order valence-electron chi connectivity index (χ0n) is 9.34. The van der Waals surface area contributed by atoms with Gasteiger partial charge in [-0.15, -0.1) is 0 Å². The van der Waals surface area contributed by atoms with E-state index in [-0.39, 0.29) is 16.5 Å². The molecule has 0 aliphatic carbocycles. The number of benzene rings is 1. The Morgan fingerprint density at radius 1 is 1.59 bits per heavy atom. The number of nitrogens with zero attached hydrogens (tertiary/aromatic N) is 1. The molecule has 0 aromatic heterocycles. The molecule has 1 unspecified atom stereocenters. The number of methoxy groups -OCH3 is 1. The minimum atomic E-state index is -1.93. The Kier molecular flexibility index (Phi) is 4.92. The quantitative estimate of drug-likeness (QED) is 0.671. The molecule has 0 aliphatic rings. The Hall–Kier alpha value is -1.11. The summed E-state index contributed by atoms with van der Waals surface area (Å²) in [5.41, 5.74) is 0.904. The summed E-state index contributed by atoms with van der Waals surface area (Å²) in [6.45, 7) is 0. The maximum Gasteiger partial charge on any atom is 0.339 e. The Morgan fingerprint density at radius 2 is 2.24 bits per heavy atom. The average molecular weight is 278 g/mol. The fourth-order valence-corrected chi connectivity index (χ4v) is 1.99. The Labute approximate surface area is 107 Å².